The van der Waals surface area contributed by atoms with E-state index in [4.69, 9.17) is 5.11 Å². The summed E-state index contributed by atoms with van der Waals surface area (Å²) in [7, 11) is 0. The van der Waals surface area contributed by atoms with E-state index in [0.29, 0.717) is 0 Å². The van der Waals surface area contributed by atoms with E-state index in [-0.39, 0.29) is 12.3 Å². The minimum atomic E-state index is -0.696. The van der Waals surface area contributed by atoms with Gasteiger partial charge in [-0.05, 0) is 37.2 Å². The second kappa shape index (κ2) is 4.04. The van der Waals surface area contributed by atoms with Crippen molar-refractivity contribution < 1.29 is 9.90 Å². The molecule has 0 aromatic carbocycles. The highest BCUT2D eigenvalue weighted by Gasteiger charge is 2.24. The SMILES string of the molecule is CCc1n[nH]c2c1CCC(CC(=O)O)C2. The molecule has 0 spiro atoms. The van der Waals surface area contributed by atoms with E-state index in [0.717, 1.165) is 37.1 Å². The van der Waals surface area contributed by atoms with Gasteiger partial charge in [-0.1, -0.05) is 6.92 Å². The Morgan fingerprint density at radius 1 is 1.67 bits per heavy atom. The van der Waals surface area contributed by atoms with Crippen molar-refractivity contribution in [1.29, 1.82) is 0 Å². The van der Waals surface area contributed by atoms with Crippen LogP contribution in [0.2, 0.25) is 0 Å². The molecule has 15 heavy (non-hydrogen) atoms. The Kier molecular flexibility index (Phi) is 2.75. The van der Waals surface area contributed by atoms with Gasteiger partial charge >= 0.3 is 5.97 Å². The highest BCUT2D eigenvalue weighted by atomic mass is 16.4. The van der Waals surface area contributed by atoms with Crippen molar-refractivity contribution in [3.05, 3.63) is 17.0 Å². The van der Waals surface area contributed by atoms with Crippen molar-refractivity contribution in [2.45, 2.75) is 39.0 Å². The smallest absolute Gasteiger partial charge is 0.303 e. The molecule has 1 aliphatic rings. The Bertz CT molecular complexity index is 371. The number of nitrogens with zero attached hydrogens (tertiary/aromatic N) is 1. The second-order valence-corrected chi connectivity index (χ2v) is 4.19. The molecule has 0 fully saturated rings. The van der Waals surface area contributed by atoms with Crippen LogP contribution in [-0.2, 0) is 24.1 Å². The molecule has 0 aliphatic heterocycles. The first kappa shape index (κ1) is 10.2. The Morgan fingerprint density at radius 3 is 3.13 bits per heavy atom. The quantitative estimate of drug-likeness (QED) is 0.792. The monoisotopic (exact) mass is 208 g/mol. The lowest BCUT2D eigenvalue weighted by Crippen LogP contribution is -2.17. The first-order valence-electron chi connectivity index (χ1n) is 5.47. The lowest BCUT2D eigenvalue weighted by Gasteiger charge is -2.20. The van der Waals surface area contributed by atoms with Crippen LogP contribution >= 0.6 is 0 Å². The highest BCUT2D eigenvalue weighted by molar-refractivity contribution is 5.67. The number of carboxylic acid groups (broad SMARTS) is 1. The average molecular weight is 208 g/mol. The van der Waals surface area contributed by atoms with E-state index in [1.54, 1.807) is 0 Å². The number of rotatable bonds is 3. The van der Waals surface area contributed by atoms with Crippen molar-refractivity contribution in [3.8, 4) is 0 Å². The van der Waals surface area contributed by atoms with E-state index in [1.807, 2.05) is 0 Å². The Balaban J connectivity index is 2.10. The maximum Gasteiger partial charge on any atom is 0.303 e. The maximum atomic E-state index is 10.6. The van der Waals surface area contributed by atoms with Gasteiger partial charge in [0.25, 0.3) is 0 Å². The number of carbonyl (C=O) groups is 1. The molecule has 2 rings (SSSR count). The van der Waals surface area contributed by atoms with Crippen LogP contribution in [0.5, 0.6) is 0 Å². The number of aryl methyl sites for hydroxylation is 1. The first-order chi connectivity index (χ1) is 7.20. The first-order valence-corrected chi connectivity index (χ1v) is 5.47. The largest absolute Gasteiger partial charge is 0.481 e. The number of aromatic nitrogens is 2. The van der Waals surface area contributed by atoms with Crippen LogP contribution in [0, 0.1) is 5.92 Å². The van der Waals surface area contributed by atoms with E-state index < -0.39 is 5.97 Å². The van der Waals surface area contributed by atoms with E-state index in [9.17, 15) is 4.79 Å². The molecule has 1 atom stereocenters. The third-order valence-electron chi connectivity index (χ3n) is 3.13. The zero-order valence-electron chi connectivity index (χ0n) is 8.92. The Labute approximate surface area is 88.7 Å². The molecule has 1 unspecified atom stereocenters. The molecule has 0 saturated heterocycles. The van der Waals surface area contributed by atoms with Crippen molar-refractivity contribution in [2.75, 3.05) is 0 Å². The number of aromatic amines is 1. The van der Waals surface area contributed by atoms with Gasteiger partial charge in [0.05, 0.1) is 5.69 Å². The molecule has 0 radical (unpaired) electrons. The molecule has 1 aliphatic carbocycles. The molecule has 0 bridgehead atoms. The van der Waals surface area contributed by atoms with Crippen LogP contribution in [0.25, 0.3) is 0 Å². The number of fused-ring (bicyclic) bond motifs is 1. The summed E-state index contributed by atoms with van der Waals surface area (Å²) in [5.74, 6) is -0.418. The molecule has 0 amide bonds. The topological polar surface area (TPSA) is 66.0 Å². The van der Waals surface area contributed by atoms with E-state index >= 15 is 0 Å². The predicted molar refractivity (Wildman–Crippen MR) is 55.7 cm³/mol. The van der Waals surface area contributed by atoms with Crippen LogP contribution < -0.4 is 0 Å². The number of H-pyrrole nitrogens is 1. The molecule has 82 valence electrons. The summed E-state index contributed by atoms with van der Waals surface area (Å²) < 4.78 is 0. The van der Waals surface area contributed by atoms with Gasteiger partial charge in [-0.15, -0.1) is 0 Å². The second-order valence-electron chi connectivity index (χ2n) is 4.19. The molecule has 2 N–H and O–H groups in total. The zero-order chi connectivity index (χ0) is 10.8. The number of carboxylic acids is 1. The molecule has 1 aromatic rings. The summed E-state index contributed by atoms with van der Waals surface area (Å²) in [5.41, 5.74) is 3.64. The van der Waals surface area contributed by atoms with E-state index in [2.05, 4.69) is 17.1 Å². The molecular weight excluding hydrogens is 192 g/mol. The van der Waals surface area contributed by atoms with Crippen LogP contribution in [0.3, 0.4) is 0 Å². The van der Waals surface area contributed by atoms with Gasteiger partial charge in [-0.3, -0.25) is 9.89 Å². The fourth-order valence-electron chi connectivity index (χ4n) is 2.36. The summed E-state index contributed by atoms with van der Waals surface area (Å²) in [5, 5.41) is 16.0. The molecule has 1 heterocycles. The lowest BCUT2D eigenvalue weighted by molar-refractivity contribution is -0.138. The summed E-state index contributed by atoms with van der Waals surface area (Å²) in [6.45, 7) is 2.10. The fourth-order valence-corrected chi connectivity index (χ4v) is 2.36. The maximum absolute atomic E-state index is 10.6. The zero-order valence-corrected chi connectivity index (χ0v) is 8.92. The summed E-state index contributed by atoms with van der Waals surface area (Å²) >= 11 is 0. The standard InChI is InChI=1S/C11H16N2O2/c1-2-9-8-4-3-7(6-11(14)15)5-10(8)13-12-9/h7H,2-6H2,1H3,(H,12,13)(H,14,15). The number of aliphatic carboxylic acids is 1. The van der Waals surface area contributed by atoms with Crippen LogP contribution in [0.15, 0.2) is 0 Å². The number of nitrogens with one attached hydrogen (secondary N) is 1. The minimum absolute atomic E-state index is 0.278. The molecule has 0 saturated carbocycles. The van der Waals surface area contributed by atoms with Crippen LogP contribution in [0.4, 0.5) is 0 Å². The lowest BCUT2D eigenvalue weighted by atomic mass is 9.85. The number of hydrogen-bond donors (Lipinski definition) is 2. The van der Waals surface area contributed by atoms with E-state index in [1.165, 1.54) is 5.56 Å². The number of hydrogen-bond acceptors (Lipinski definition) is 2. The normalized spacial score (nSPS) is 19.9. The molecule has 4 heteroatoms. The van der Waals surface area contributed by atoms with Crippen molar-refractivity contribution in [3.63, 3.8) is 0 Å². The van der Waals surface area contributed by atoms with Gasteiger partial charge in [0.2, 0.25) is 0 Å². The van der Waals surface area contributed by atoms with Crippen molar-refractivity contribution in [2.24, 2.45) is 5.92 Å². The minimum Gasteiger partial charge on any atom is -0.481 e. The van der Waals surface area contributed by atoms with Gasteiger partial charge < -0.3 is 5.11 Å². The van der Waals surface area contributed by atoms with Gasteiger partial charge in [0, 0.05) is 12.1 Å². The fraction of sp³-hybridized carbons (Fsp3) is 0.636. The molecular formula is C11H16N2O2. The Morgan fingerprint density at radius 2 is 2.47 bits per heavy atom. The summed E-state index contributed by atoms with van der Waals surface area (Å²) in [6.07, 6.45) is 4.03. The van der Waals surface area contributed by atoms with Crippen molar-refractivity contribution in [1.82, 2.24) is 10.2 Å². The van der Waals surface area contributed by atoms with Gasteiger partial charge in [-0.2, -0.15) is 5.10 Å². The summed E-state index contributed by atoms with van der Waals surface area (Å²) in [6, 6.07) is 0. The average Bonchev–Trinajstić information content (AvgIpc) is 2.58. The van der Waals surface area contributed by atoms with Crippen LogP contribution in [-0.4, -0.2) is 21.3 Å². The Hall–Kier alpha value is -1.32. The summed E-state index contributed by atoms with van der Waals surface area (Å²) in [4.78, 5) is 10.6. The van der Waals surface area contributed by atoms with Gasteiger partial charge in [-0.25, -0.2) is 0 Å². The third-order valence-corrected chi connectivity index (χ3v) is 3.13. The van der Waals surface area contributed by atoms with Gasteiger partial charge in [0.1, 0.15) is 0 Å². The predicted octanol–water partition coefficient (Wildman–Crippen LogP) is 1.55. The highest BCUT2D eigenvalue weighted by Crippen LogP contribution is 2.28. The third kappa shape index (κ3) is 2.03. The van der Waals surface area contributed by atoms with Gasteiger partial charge in [0.15, 0.2) is 0 Å². The molecule has 4 nitrogen and oxygen atoms in total. The van der Waals surface area contributed by atoms with Crippen LogP contribution in [0.1, 0.15) is 36.7 Å². The molecule has 1 aromatic heterocycles. The van der Waals surface area contributed by atoms with Crippen molar-refractivity contribution >= 4 is 5.97 Å².